The lowest BCUT2D eigenvalue weighted by Crippen LogP contribution is -2.20. The summed E-state index contributed by atoms with van der Waals surface area (Å²) in [6.45, 7) is 0. The summed E-state index contributed by atoms with van der Waals surface area (Å²) in [7, 11) is -1.78. The number of thiazole rings is 1. The van der Waals surface area contributed by atoms with Crippen molar-refractivity contribution in [1.82, 2.24) is 14.8 Å². The number of ether oxygens (including phenoxy) is 1. The highest BCUT2D eigenvalue weighted by molar-refractivity contribution is 7.90. The maximum atomic E-state index is 12.1. The van der Waals surface area contributed by atoms with E-state index in [1.54, 1.807) is 19.2 Å². The van der Waals surface area contributed by atoms with Gasteiger partial charge in [-0.05, 0) is 12.1 Å². The largest absolute Gasteiger partial charge is 0.418 e. The molecule has 0 radical (unpaired) electrons. The Kier molecular flexibility index (Phi) is 5.16. The molecule has 0 fully saturated rings. The van der Waals surface area contributed by atoms with Crippen LogP contribution in [0.5, 0.6) is 5.88 Å². The summed E-state index contributed by atoms with van der Waals surface area (Å²) in [5.41, 5.74) is 5.79. The molecule has 2 amide bonds. The summed E-state index contributed by atoms with van der Waals surface area (Å²) < 4.78 is 29.8. The van der Waals surface area contributed by atoms with E-state index >= 15 is 0 Å². The predicted molar refractivity (Wildman–Crippen MR) is 102 cm³/mol. The minimum Gasteiger partial charge on any atom is -0.390 e. The van der Waals surface area contributed by atoms with Crippen molar-refractivity contribution in [2.75, 3.05) is 11.6 Å². The number of carbonyl (C=O) groups excluding carboxylic acids is 2. The quantitative estimate of drug-likeness (QED) is 0.637. The number of aryl methyl sites for hydroxylation is 1. The van der Waals surface area contributed by atoms with Crippen LogP contribution in [0, 0.1) is 0 Å². The standard InChI is InChI=1S/C16H15N5O5S2/c1-21-7-11(13(20-21)14(17)22)18-16(23)26-12-8-27-15(19-12)9-4-3-5-10(6-9)28(2,24)25/h3-8H,1-2H3,(H2,17,22)(H,18,23). The van der Waals surface area contributed by atoms with Gasteiger partial charge in [-0.3, -0.25) is 14.8 Å². The molecule has 146 valence electrons. The molecular weight excluding hydrogens is 406 g/mol. The average molecular weight is 421 g/mol. The molecule has 0 atom stereocenters. The number of nitrogens with zero attached hydrogens (tertiary/aromatic N) is 3. The zero-order valence-electron chi connectivity index (χ0n) is 14.7. The monoisotopic (exact) mass is 421 g/mol. The third-order valence-electron chi connectivity index (χ3n) is 3.49. The van der Waals surface area contributed by atoms with Crippen LogP contribution in [0.2, 0.25) is 0 Å². The molecule has 10 nitrogen and oxygen atoms in total. The van der Waals surface area contributed by atoms with Gasteiger partial charge in [0.15, 0.2) is 15.5 Å². The van der Waals surface area contributed by atoms with Crippen LogP contribution in [-0.4, -0.2) is 41.4 Å². The Bertz CT molecular complexity index is 1170. The van der Waals surface area contributed by atoms with Gasteiger partial charge in [0.05, 0.1) is 16.0 Å². The fourth-order valence-corrected chi connectivity index (χ4v) is 3.68. The molecule has 1 aromatic carbocycles. The topological polar surface area (TPSA) is 146 Å². The number of carbonyl (C=O) groups is 2. The maximum Gasteiger partial charge on any atom is 0.418 e. The van der Waals surface area contributed by atoms with Crippen molar-refractivity contribution in [1.29, 1.82) is 0 Å². The van der Waals surface area contributed by atoms with E-state index in [1.165, 1.54) is 39.7 Å². The summed E-state index contributed by atoms with van der Waals surface area (Å²) in [4.78, 5) is 27.7. The fourth-order valence-electron chi connectivity index (χ4n) is 2.29. The molecule has 3 rings (SSSR count). The second-order valence-corrected chi connectivity index (χ2v) is 8.61. The average Bonchev–Trinajstić information content (AvgIpc) is 3.21. The van der Waals surface area contributed by atoms with E-state index in [-0.39, 0.29) is 22.2 Å². The molecule has 2 heterocycles. The number of amides is 2. The molecule has 0 unspecified atom stereocenters. The van der Waals surface area contributed by atoms with Crippen LogP contribution in [-0.2, 0) is 16.9 Å². The van der Waals surface area contributed by atoms with Gasteiger partial charge in [-0.1, -0.05) is 12.1 Å². The minimum absolute atomic E-state index is 0.0202. The lowest BCUT2D eigenvalue weighted by molar-refractivity contribution is 0.0995. The Morgan fingerprint density at radius 1 is 1.32 bits per heavy atom. The Hall–Kier alpha value is -3.25. The molecule has 0 aliphatic rings. The number of rotatable bonds is 5. The Morgan fingerprint density at radius 2 is 2.07 bits per heavy atom. The number of primary amides is 1. The van der Waals surface area contributed by atoms with Gasteiger partial charge >= 0.3 is 6.09 Å². The van der Waals surface area contributed by atoms with Gasteiger partial charge in [0, 0.05) is 25.1 Å². The fraction of sp³-hybridized carbons (Fsp3) is 0.125. The number of nitrogens with two attached hydrogens (primary N) is 1. The normalized spacial score (nSPS) is 11.2. The third-order valence-corrected chi connectivity index (χ3v) is 5.47. The van der Waals surface area contributed by atoms with Gasteiger partial charge in [0.25, 0.3) is 5.91 Å². The number of hydrogen-bond acceptors (Lipinski definition) is 8. The first kappa shape index (κ1) is 19.5. The van der Waals surface area contributed by atoms with E-state index in [4.69, 9.17) is 10.5 Å². The number of nitrogens with one attached hydrogen (secondary N) is 1. The second kappa shape index (κ2) is 7.40. The zero-order chi connectivity index (χ0) is 20.5. The molecular formula is C16H15N5O5S2. The number of benzene rings is 1. The van der Waals surface area contributed by atoms with E-state index in [9.17, 15) is 18.0 Å². The van der Waals surface area contributed by atoms with E-state index < -0.39 is 21.8 Å². The molecule has 0 saturated heterocycles. The van der Waals surface area contributed by atoms with Crippen molar-refractivity contribution < 1.29 is 22.7 Å². The van der Waals surface area contributed by atoms with Crippen molar-refractivity contribution in [2.24, 2.45) is 12.8 Å². The first-order valence-corrected chi connectivity index (χ1v) is 10.5. The number of hydrogen-bond donors (Lipinski definition) is 2. The highest BCUT2D eigenvalue weighted by atomic mass is 32.2. The summed E-state index contributed by atoms with van der Waals surface area (Å²) in [5.74, 6) is -0.774. The lowest BCUT2D eigenvalue weighted by atomic mass is 10.2. The first-order valence-electron chi connectivity index (χ1n) is 7.72. The molecule has 2 aromatic heterocycles. The number of sulfone groups is 1. The van der Waals surface area contributed by atoms with Crippen molar-refractivity contribution in [3.63, 3.8) is 0 Å². The van der Waals surface area contributed by atoms with Gasteiger partial charge in [-0.2, -0.15) is 5.10 Å². The number of aromatic nitrogens is 3. The SMILES string of the molecule is Cn1cc(NC(=O)Oc2csc(-c3cccc(S(C)(=O)=O)c3)n2)c(C(N)=O)n1. The van der Waals surface area contributed by atoms with Crippen LogP contribution < -0.4 is 15.8 Å². The minimum atomic E-state index is -3.35. The van der Waals surface area contributed by atoms with Crippen molar-refractivity contribution in [2.45, 2.75) is 4.90 Å². The molecule has 28 heavy (non-hydrogen) atoms. The smallest absolute Gasteiger partial charge is 0.390 e. The Morgan fingerprint density at radius 3 is 2.75 bits per heavy atom. The highest BCUT2D eigenvalue weighted by Gasteiger charge is 2.17. The van der Waals surface area contributed by atoms with Crippen LogP contribution in [0.25, 0.3) is 10.6 Å². The third kappa shape index (κ3) is 4.35. The van der Waals surface area contributed by atoms with Crippen LogP contribution in [0.15, 0.2) is 40.7 Å². The van der Waals surface area contributed by atoms with Crippen molar-refractivity contribution >= 4 is 38.9 Å². The molecule has 12 heteroatoms. The first-order chi connectivity index (χ1) is 13.1. The van der Waals surface area contributed by atoms with Gasteiger partial charge in [-0.15, -0.1) is 11.3 Å². The summed E-state index contributed by atoms with van der Waals surface area (Å²) in [5, 5.41) is 8.21. The Labute approximate surface area is 163 Å². The maximum absolute atomic E-state index is 12.1. The van der Waals surface area contributed by atoms with Gasteiger partial charge in [-0.25, -0.2) is 18.2 Å². The second-order valence-electron chi connectivity index (χ2n) is 5.73. The summed E-state index contributed by atoms with van der Waals surface area (Å²) >= 11 is 1.18. The highest BCUT2D eigenvalue weighted by Crippen LogP contribution is 2.28. The molecule has 0 bridgehead atoms. The Balaban J connectivity index is 1.75. The van der Waals surface area contributed by atoms with Crippen molar-refractivity contribution in [3.05, 3.63) is 41.5 Å². The molecule has 0 aliphatic heterocycles. The van der Waals surface area contributed by atoms with Gasteiger partial charge < -0.3 is 10.5 Å². The predicted octanol–water partition coefficient (Wildman–Crippen LogP) is 1.66. The van der Waals surface area contributed by atoms with Gasteiger partial charge in [0.1, 0.15) is 5.01 Å². The van der Waals surface area contributed by atoms with Gasteiger partial charge in [0.2, 0.25) is 5.88 Å². The van der Waals surface area contributed by atoms with Crippen LogP contribution in [0.1, 0.15) is 10.5 Å². The summed E-state index contributed by atoms with van der Waals surface area (Å²) in [6.07, 6.45) is 1.65. The molecule has 0 saturated carbocycles. The molecule has 0 spiro atoms. The van der Waals surface area contributed by atoms with Crippen LogP contribution in [0.4, 0.5) is 10.5 Å². The number of anilines is 1. The van der Waals surface area contributed by atoms with Crippen LogP contribution >= 0.6 is 11.3 Å². The van der Waals surface area contributed by atoms with E-state index in [0.29, 0.717) is 10.6 Å². The molecule has 3 N–H and O–H groups in total. The van der Waals surface area contributed by atoms with Crippen molar-refractivity contribution in [3.8, 4) is 16.5 Å². The molecule has 3 aromatic rings. The van der Waals surface area contributed by atoms with E-state index in [0.717, 1.165) is 6.26 Å². The molecule has 0 aliphatic carbocycles. The van der Waals surface area contributed by atoms with Crippen LogP contribution in [0.3, 0.4) is 0 Å². The van der Waals surface area contributed by atoms with E-state index in [1.807, 2.05) is 0 Å². The summed E-state index contributed by atoms with van der Waals surface area (Å²) in [6, 6.07) is 6.29. The lowest BCUT2D eigenvalue weighted by Gasteiger charge is -2.03. The van der Waals surface area contributed by atoms with E-state index in [2.05, 4.69) is 15.4 Å². The zero-order valence-corrected chi connectivity index (χ0v) is 16.4.